The van der Waals surface area contributed by atoms with E-state index < -0.39 is 61.1 Å². The molecule has 0 aromatic carbocycles. The molecule has 0 rings (SSSR count). The monoisotopic (exact) mass is 952 g/mol. The minimum atomic E-state index is -4.11. The molecule has 4 radical (unpaired) electrons. The maximum absolute atomic E-state index is 8.59. The molecule has 0 aromatic rings. The van der Waals surface area contributed by atoms with E-state index in [0.717, 1.165) is 0 Å². The van der Waals surface area contributed by atoms with Crippen LogP contribution in [0.4, 0.5) is 0 Å². The maximum Gasteiger partial charge on any atom is 3.00 e. The van der Waals surface area contributed by atoms with Crippen molar-refractivity contribution < 1.29 is 30.1 Å². The summed E-state index contributed by atoms with van der Waals surface area (Å²) >= 11 is -12.3. The standard InChI is InChI=1S/2Bi.3H2O3Te/c;;3*1-4(2)3/h;;3*(H2,1,2,3)/q2*+3;;;/p-6. The summed E-state index contributed by atoms with van der Waals surface area (Å²) in [5.41, 5.74) is 0. The van der Waals surface area contributed by atoms with Gasteiger partial charge in [0.1, 0.15) is 0 Å². The van der Waals surface area contributed by atoms with Gasteiger partial charge in [-0.15, -0.1) is 0 Å². The van der Waals surface area contributed by atoms with Crippen molar-refractivity contribution in [3.8, 4) is 0 Å². The fraction of sp³-hybridized carbons (Fsp3) is 0. The van der Waals surface area contributed by atoms with Crippen LogP contribution in [0, 0.1) is 0 Å². The van der Waals surface area contributed by atoms with Gasteiger partial charge in [-0.25, -0.2) is 0 Å². The number of hydrogen-bond donors (Lipinski definition) is 0. The third-order valence-electron chi connectivity index (χ3n) is 0. The van der Waals surface area contributed by atoms with Crippen molar-refractivity contribution in [2.45, 2.75) is 0 Å². The van der Waals surface area contributed by atoms with Crippen LogP contribution in [-0.4, -0.2) is 113 Å². The van der Waals surface area contributed by atoms with Crippen LogP contribution in [0.2, 0.25) is 0 Å². The van der Waals surface area contributed by atoms with Crippen molar-refractivity contribution in [2.24, 2.45) is 0 Å². The van der Waals surface area contributed by atoms with Crippen molar-refractivity contribution in [1.82, 2.24) is 0 Å². The van der Waals surface area contributed by atoms with Crippen molar-refractivity contribution in [1.29, 1.82) is 0 Å². The van der Waals surface area contributed by atoms with Gasteiger partial charge in [0.25, 0.3) is 0 Å². The van der Waals surface area contributed by atoms with Gasteiger partial charge in [-0.05, 0) is 0 Å². The van der Waals surface area contributed by atoms with Gasteiger partial charge in [0, 0.05) is 0 Å². The molecule has 0 amide bonds. The molecule has 82 valence electrons. The maximum atomic E-state index is 8.59. The van der Waals surface area contributed by atoms with Gasteiger partial charge in [0.15, 0.2) is 0 Å². The Bertz CT molecular complexity index is 116. The Hall–Kier alpha value is 3.30. The van der Waals surface area contributed by atoms with Crippen LogP contribution in [0.15, 0.2) is 0 Å². The summed E-state index contributed by atoms with van der Waals surface area (Å²) in [6.07, 6.45) is 0. The number of hydrogen-bond acceptors (Lipinski definition) is 9. The molecule has 14 heteroatoms. The Balaban J connectivity index is -0.0000000270. The summed E-state index contributed by atoms with van der Waals surface area (Å²) < 4.78 is 77.3. The van der Waals surface area contributed by atoms with Crippen LogP contribution in [0.1, 0.15) is 0 Å². The van der Waals surface area contributed by atoms with E-state index in [1.165, 1.54) is 0 Å². The summed E-state index contributed by atoms with van der Waals surface area (Å²) in [5, 5.41) is 0. The summed E-state index contributed by atoms with van der Waals surface area (Å²) in [6.45, 7) is 0. The van der Waals surface area contributed by atoms with Crippen molar-refractivity contribution in [2.75, 3.05) is 0 Å². The van der Waals surface area contributed by atoms with Gasteiger partial charge < -0.3 is 0 Å². The zero-order valence-electron chi connectivity index (χ0n) is 5.79. The van der Waals surface area contributed by atoms with E-state index in [9.17, 15) is 0 Å². The first-order valence-corrected chi connectivity index (χ1v) is 10.1. The third kappa shape index (κ3) is 288. The van der Waals surface area contributed by atoms with E-state index in [1.54, 1.807) is 0 Å². The zero-order valence-corrected chi connectivity index (χ0v) is 19.7. The predicted molar refractivity (Wildman–Crippen MR) is 30.8 cm³/mol. The van der Waals surface area contributed by atoms with Crippen molar-refractivity contribution in [3.05, 3.63) is 0 Å². The summed E-state index contributed by atoms with van der Waals surface area (Å²) in [5.74, 6) is 0. The van der Waals surface area contributed by atoms with Gasteiger partial charge in [0.05, 0.1) is 0 Å². The predicted octanol–water partition coefficient (Wildman–Crippen LogP) is -9.39. The van der Waals surface area contributed by atoms with Crippen LogP contribution >= 0.6 is 0 Å². The Labute approximate surface area is 141 Å². The van der Waals surface area contributed by atoms with Gasteiger partial charge in [-0.2, -0.15) is 0 Å². The molecule has 9 nitrogen and oxygen atoms in total. The second-order valence-corrected chi connectivity index (χ2v) is 4.11. The normalized spacial score (nSPS) is 7.50. The molecule has 14 heavy (non-hydrogen) atoms. The molecule has 0 unspecified atom stereocenters. The van der Waals surface area contributed by atoms with E-state index in [0.29, 0.717) is 0 Å². The molecule has 0 saturated heterocycles. The zero-order chi connectivity index (χ0) is 10.7. The van der Waals surface area contributed by atoms with E-state index in [-0.39, 0.29) is 52.4 Å². The van der Waals surface area contributed by atoms with E-state index >= 15 is 0 Å². The SMILES string of the molecule is O=[Te]([O-])[O-].O=[Te]([O-])[O-].O=[Te]([O-])[O-].[Bi+3].[Bi+3]. The Morgan fingerprint density at radius 2 is 0.500 bits per heavy atom. The molecule has 0 heterocycles. The summed E-state index contributed by atoms with van der Waals surface area (Å²) in [6, 6.07) is 0. The quantitative estimate of drug-likeness (QED) is 0.213. The summed E-state index contributed by atoms with van der Waals surface area (Å²) in [7, 11) is 0. The molecule has 0 N–H and O–H groups in total. The minimum absolute atomic E-state index is 0. The van der Waals surface area contributed by atoms with Gasteiger partial charge in [-0.1, -0.05) is 0 Å². The van der Waals surface area contributed by atoms with Crippen LogP contribution < -0.4 is 20.8 Å². The molecule has 0 bridgehead atoms. The average Bonchev–Trinajstić information content (AvgIpc) is 1.54. The van der Waals surface area contributed by atoms with E-state index in [1.807, 2.05) is 0 Å². The Morgan fingerprint density at radius 3 is 0.500 bits per heavy atom. The molecule has 0 aliphatic rings. The number of rotatable bonds is 0. The van der Waals surface area contributed by atoms with Crippen LogP contribution in [0.25, 0.3) is 0 Å². The van der Waals surface area contributed by atoms with E-state index in [4.69, 9.17) is 30.1 Å². The molecule has 0 aliphatic carbocycles. The molecule has 0 aliphatic heterocycles. The first-order chi connectivity index (χ1) is 5.20. The molecule has 0 saturated carbocycles. The first kappa shape index (κ1) is 30.4. The fourth-order valence-electron chi connectivity index (χ4n) is 0. The third-order valence-corrected chi connectivity index (χ3v) is 0. The second kappa shape index (κ2) is 25.2. The second-order valence-electron chi connectivity index (χ2n) is 0.612. The molecule has 0 atom stereocenters. The Kier molecular flexibility index (Phi) is 54.7. The minimum Gasteiger partial charge on any atom is 3.00 e. The molecular weight excluding hydrogens is 945 g/mol. The molecule has 0 spiro atoms. The van der Waals surface area contributed by atoms with Gasteiger partial charge in [0.2, 0.25) is 0 Å². The average molecular weight is 945 g/mol. The van der Waals surface area contributed by atoms with Crippen molar-refractivity contribution >= 4 is 113 Å². The van der Waals surface area contributed by atoms with Gasteiger partial charge in [-0.3, -0.25) is 0 Å². The van der Waals surface area contributed by atoms with E-state index in [2.05, 4.69) is 0 Å². The van der Waals surface area contributed by atoms with Gasteiger partial charge >= 0.3 is 144 Å². The van der Waals surface area contributed by atoms with Crippen molar-refractivity contribution in [3.63, 3.8) is 0 Å². The Morgan fingerprint density at radius 1 is 0.500 bits per heavy atom. The topological polar surface area (TPSA) is 190 Å². The van der Waals surface area contributed by atoms with Crippen LogP contribution in [0.5, 0.6) is 0 Å². The van der Waals surface area contributed by atoms with Crippen LogP contribution in [0.3, 0.4) is 0 Å². The first-order valence-electron chi connectivity index (χ1n) is 1.50. The largest absolute Gasteiger partial charge is 3.00 e. The molecular formula is Bi2O9Te3. The van der Waals surface area contributed by atoms with Crippen LogP contribution in [-0.2, 0) is 9.31 Å². The molecule has 0 aromatic heterocycles. The summed E-state index contributed by atoms with van der Waals surface area (Å²) in [4.78, 5) is 0. The molecule has 0 fully saturated rings. The smallest absolute Gasteiger partial charge is 3.00 e. The fourth-order valence-corrected chi connectivity index (χ4v) is 0.